The number of nitrogens with zero attached hydrogens (tertiary/aromatic N) is 2. The Bertz CT molecular complexity index is 414. The fraction of sp³-hybridized carbons (Fsp3) is 0.500. The molecule has 0 bridgehead atoms. The minimum absolute atomic E-state index is 0.217. The molecule has 1 aliphatic rings. The second kappa shape index (κ2) is 4.98. The van der Waals surface area contributed by atoms with Crippen LogP contribution in [0.4, 0.5) is 5.82 Å². The second-order valence-electron chi connectivity index (χ2n) is 4.41. The molecule has 1 fully saturated rings. The van der Waals surface area contributed by atoms with E-state index in [-0.39, 0.29) is 12.2 Å². The number of aromatic nitrogens is 1. The molecular weight excluding hydrogens is 234 g/mol. The number of hydrogen-bond donors (Lipinski definition) is 1. The van der Waals surface area contributed by atoms with Crippen LogP contribution in [-0.4, -0.2) is 35.3 Å². The summed E-state index contributed by atoms with van der Waals surface area (Å²) in [6.45, 7) is 5.83. The summed E-state index contributed by atoms with van der Waals surface area (Å²) < 4.78 is 5.70. The van der Waals surface area contributed by atoms with E-state index >= 15 is 0 Å². The average Bonchev–Trinajstić information content (AvgIpc) is 2.28. The van der Waals surface area contributed by atoms with Gasteiger partial charge in [0.15, 0.2) is 0 Å². The molecule has 0 aromatic carbocycles. The molecule has 1 aromatic heterocycles. The quantitative estimate of drug-likeness (QED) is 0.804. The van der Waals surface area contributed by atoms with Crippen LogP contribution >= 0.6 is 12.2 Å². The Balaban J connectivity index is 2.21. The van der Waals surface area contributed by atoms with E-state index in [0.29, 0.717) is 10.7 Å². The van der Waals surface area contributed by atoms with Gasteiger partial charge in [0.25, 0.3) is 0 Å². The molecule has 0 radical (unpaired) electrons. The van der Waals surface area contributed by atoms with Crippen molar-refractivity contribution in [1.29, 1.82) is 0 Å². The molecule has 0 aliphatic carbocycles. The maximum atomic E-state index is 5.70. The Morgan fingerprint density at radius 2 is 2.06 bits per heavy atom. The third-order valence-corrected chi connectivity index (χ3v) is 2.94. The Kier molecular flexibility index (Phi) is 3.59. The first-order valence-corrected chi connectivity index (χ1v) is 6.14. The van der Waals surface area contributed by atoms with Gasteiger partial charge in [0.05, 0.1) is 17.9 Å². The van der Waals surface area contributed by atoms with Gasteiger partial charge in [-0.3, -0.25) is 0 Å². The highest BCUT2D eigenvalue weighted by Gasteiger charge is 2.23. The first-order valence-electron chi connectivity index (χ1n) is 5.73. The summed E-state index contributed by atoms with van der Waals surface area (Å²) in [5.74, 6) is 0.914. The van der Waals surface area contributed by atoms with E-state index in [0.717, 1.165) is 18.9 Å². The lowest BCUT2D eigenvalue weighted by atomic mass is 10.2. The Morgan fingerprint density at radius 1 is 1.41 bits per heavy atom. The minimum atomic E-state index is 0.217. The first kappa shape index (κ1) is 12.3. The van der Waals surface area contributed by atoms with Gasteiger partial charge in [-0.25, -0.2) is 4.98 Å². The van der Waals surface area contributed by atoms with E-state index in [1.807, 2.05) is 18.2 Å². The van der Waals surface area contributed by atoms with Crippen LogP contribution in [0.25, 0.3) is 0 Å². The Morgan fingerprint density at radius 3 is 2.65 bits per heavy atom. The third-order valence-electron chi connectivity index (χ3n) is 2.73. The molecule has 2 heterocycles. The Hall–Kier alpha value is -1.20. The molecule has 92 valence electrons. The Labute approximate surface area is 107 Å². The summed E-state index contributed by atoms with van der Waals surface area (Å²) in [6, 6.07) is 5.74. The molecule has 4 nitrogen and oxygen atoms in total. The first-order chi connectivity index (χ1) is 8.06. The van der Waals surface area contributed by atoms with Crippen LogP contribution in [0, 0.1) is 0 Å². The number of ether oxygens (including phenoxy) is 1. The van der Waals surface area contributed by atoms with Crippen molar-refractivity contribution in [1.82, 2.24) is 4.98 Å². The molecule has 0 unspecified atom stereocenters. The van der Waals surface area contributed by atoms with Crippen molar-refractivity contribution in [3.05, 3.63) is 23.9 Å². The van der Waals surface area contributed by atoms with Crippen LogP contribution < -0.4 is 10.6 Å². The number of hydrogen-bond acceptors (Lipinski definition) is 4. The van der Waals surface area contributed by atoms with Gasteiger partial charge in [-0.2, -0.15) is 0 Å². The predicted molar refractivity (Wildman–Crippen MR) is 72.3 cm³/mol. The van der Waals surface area contributed by atoms with Gasteiger partial charge < -0.3 is 15.4 Å². The molecule has 1 aliphatic heterocycles. The smallest absolute Gasteiger partial charge is 0.129 e. The van der Waals surface area contributed by atoms with E-state index in [4.69, 9.17) is 22.7 Å². The maximum absolute atomic E-state index is 5.70. The van der Waals surface area contributed by atoms with Crippen molar-refractivity contribution in [2.24, 2.45) is 5.73 Å². The van der Waals surface area contributed by atoms with Gasteiger partial charge in [-0.15, -0.1) is 0 Å². The summed E-state index contributed by atoms with van der Waals surface area (Å²) >= 11 is 4.94. The van der Waals surface area contributed by atoms with Gasteiger partial charge >= 0.3 is 0 Å². The molecule has 1 saturated heterocycles. The molecular formula is C12H17N3OS. The number of morpholine rings is 1. The minimum Gasteiger partial charge on any atom is -0.388 e. The van der Waals surface area contributed by atoms with E-state index in [1.165, 1.54) is 0 Å². The van der Waals surface area contributed by atoms with Crippen molar-refractivity contribution < 1.29 is 4.74 Å². The molecule has 2 N–H and O–H groups in total. The van der Waals surface area contributed by atoms with Gasteiger partial charge in [0.1, 0.15) is 10.8 Å². The third kappa shape index (κ3) is 2.92. The van der Waals surface area contributed by atoms with E-state index in [2.05, 4.69) is 23.7 Å². The van der Waals surface area contributed by atoms with Gasteiger partial charge in [0.2, 0.25) is 0 Å². The standard InChI is InChI=1S/C12H17N3OS/c1-8-6-15(7-9(2)16-8)11-5-3-4-10(14-11)12(13)17/h3-5,8-9H,6-7H2,1-2H3,(H2,13,17)/t8-,9+. The van der Waals surface area contributed by atoms with Crippen LogP contribution in [0.3, 0.4) is 0 Å². The van der Waals surface area contributed by atoms with Crippen LogP contribution in [0.1, 0.15) is 19.5 Å². The van der Waals surface area contributed by atoms with Crippen LogP contribution in [0.5, 0.6) is 0 Å². The van der Waals surface area contributed by atoms with Crippen molar-refractivity contribution >= 4 is 23.0 Å². The number of pyridine rings is 1. The molecule has 0 amide bonds. The summed E-state index contributed by atoms with van der Waals surface area (Å²) in [4.78, 5) is 7.01. The predicted octanol–water partition coefficient (Wildman–Crippen LogP) is 1.33. The zero-order chi connectivity index (χ0) is 12.4. The fourth-order valence-electron chi connectivity index (χ4n) is 2.10. The zero-order valence-corrected chi connectivity index (χ0v) is 10.9. The zero-order valence-electron chi connectivity index (χ0n) is 10.1. The molecule has 2 atom stereocenters. The normalized spacial score (nSPS) is 24.7. The summed E-state index contributed by atoms with van der Waals surface area (Å²) in [5, 5.41) is 0. The molecule has 0 spiro atoms. The highest BCUT2D eigenvalue weighted by molar-refractivity contribution is 7.80. The van der Waals surface area contributed by atoms with Crippen molar-refractivity contribution in [2.75, 3.05) is 18.0 Å². The van der Waals surface area contributed by atoms with E-state index in [9.17, 15) is 0 Å². The summed E-state index contributed by atoms with van der Waals surface area (Å²) in [7, 11) is 0. The average molecular weight is 251 g/mol. The number of thiocarbonyl (C=S) groups is 1. The topological polar surface area (TPSA) is 51.4 Å². The molecule has 1 aromatic rings. The van der Waals surface area contributed by atoms with Crippen LogP contribution in [0.15, 0.2) is 18.2 Å². The maximum Gasteiger partial charge on any atom is 0.129 e. The molecule has 2 rings (SSSR count). The van der Waals surface area contributed by atoms with Gasteiger partial charge in [-0.1, -0.05) is 18.3 Å². The monoisotopic (exact) mass is 251 g/mol. The molecule has 0 saturated carbocycles. The molecule has 5 heteroatoms. The van der Waals surface area contributed by atoms with Crippen LogP contribution in [-0.2, 0) is 4.74 Å². The van der Waals surface area contributed by atoms with Gasteiger partial charge in [-0.05, 0) is 26.0 Å². The lowest BCUT2D eigenvalue weighted by Gasteiger charge is -2.36. The summed E-state index contributed by atoms with van der Waals surface area (Å²) in [6.07, 6.45) is 0.433. The lowest BCUT2D eigenvalue weighted by molar-refractivity contribution is -0.00545. The van der Waals surface area contributed by atoms with Crippen molar-refractivity contribution in [3.8, 4) is 0 Å². The number of anilines is 1. The second-order valence-corrected chi connectivity index (χ2v) is 4.85. The number of nitrogens with two attached hydrogens (primary N) is 1. The van der Waals surface area contributed by atoms with Gasteiger partial charge in [0, 0.05) is 13.1 Å². The van der Waals surface area contributed by atoms with Crippen LogP contribution in [0.2, 0.25) is 0 Å². The van der Waals surface area contributed by atoms with Crippen molar-refractivity contribution in [3.63, 3.8) is 0 Å². The number of rotatable bonds is 2. The largest absolute Gasteiger partial charge is 0.388 e. The fourth-order valence-corrected chi connectivity index (χ4v) is 2.22. The van der Waals surface area contributed by atoms with Crippen molar-refractivity contribution in [2.45, 2.75) is 26.1 Å². The highest BCUT2D eigenvalue weighted by Crippen LogP contribution is 2.18. The molecule has 17 heavy (non-hydrogen) atoms. The SMILES string of the molecule is C[C@@H]1CN(c2cccc(C(N)=S)n2)C[C@H](C)O1. The van der Waals surface area contributed by atoms with E-state index in [1.54, 1.807) is 0 Å². The van der Waals surface area contributed by atoms with E-state index < -0.39 is 0 Å². The lowest BCUT2D eigenvalue weighted by Crippen LogP contribution is -2.46. The summed E-state index contributed by atoms with van der Waals surface area (Å²) in [5.41, 5.74) is 6.26. The highest BCUT2D eigenvalue weighted by atomic mass is 32.1.